The van der Waals surface area contributed by atoms with Gasteiger partial charge in [0.15, 0.2) is 5.82 Å². The monoisotopic (exact) mass is 658 g/mol. The maximum atomic E-state index is 13.3. The molecule has 3 amide bonds. The van der Waals surface area contributed by atoms with Gasteiger partial charge in [-0.3, -0.25) is 19.8 Å². The van der Waals surface area contributed by atoms with Gasteiger partial charge in [-0.2, -0.15) is 5.10 Å². The summed E-state index contributed by atoms with van der Waals surface area (Å²) in [6.45, 7) is 2.26. The van der Waals surface area contributed by atoms with Crippen molar-refractivity contribution < 1.29 is 33.4 Å². The Kier molecular flexibility index (Phi) is 12.8. The number of hydrogen-bond acceptors (Lipinski definition) is 9. The molecule has 0 atom stereocenters. The number of pyridine rings is 1. The van der Waals surface area contributed by atoms with Crippen molar-refractivity contribution in [1.82, 2.24) is 25.2 Å². The number of anilines is 1. The number of benzene rings is 1. The Labute approximate surface area is 247 Å². The third-order valence-electron chi connectivity index (χ3n) is 4.79. The fourth-order valence-corrected chi connectivity index (χ4v) is 3.89. The van der Waals surface area contributed by atoms with Crippen LogP contribution in [-0.2, 0) is 19.0 Å². The Balaban J connectivity index is 0.00000131. The van der Waals surface area contributed by atoms with Crippen LogP contribution in [0, 0.1) is 6.92 Å². The number of rotatable bonds is 8. The van der Waals surface area contributed by atoms with Crippen LogP contribution < -0.4 is 10.7 Å². The summed E-state index contributed by atoms with van der Waals surface area (Å²) >= 11 is 15.7. The zero-order chi connectivity index (χ0) is 29.8. The molecule has 16 heteroatoms. The van der Waals surface area contributed by atoms with Gasteiger partial charge in [0.05, 0.1) is 30.0 Å². The molecule has 0 fully saturated rings. The van der Waals surface area contributed by atoms with Gasteiger partial charge in [0.1, 0.15) is 16.9 Å². The van der Waals surface area contributed by atoms with Crippen LogP contribution >= 0.6 is 39.1 Å². The number of amides is 3. The summed E-state index contributed by atoms with van der Waals surface area (Å²) in [5.74, 6) is -1.05. The second-order valence-electron chi connectivity index (χ2n) is 7.61. The molecule has 40 heavy (non-hydrogen) atoms. The van der Waals surface area contributed by atoms with Gasteiger partial charge in [-0.15, -0.1) is 0 Å². The topological polar surface area (TPSA) is 154 Å². The van der Waals surface area contributed by atoms with E-state index in [2.05, 4.69) is 41.5 Å². The number of carbonyl (C=O) groups is 4. The number of carbonyl (C=O) groups excluding carboxylic acids is 4. The van der Waals surface area contributed by atoms with Crippen LogP contribution in [0.4, 0.5) is 10.5 Å². The average Bonchev–Trinajstić information content (AvgIpc) is 3.31. The van der Waals surface area contributed by atoms with E-state index in [1.54, 1.807) is 25.1 Å². The summed E-state index contributed by atoms with van der Waals surface area (Å²) in [7, 11) is 4.09. The van der Waals surface area contributed by atoms with Gasteiger partial charge in [-0.05, 0) is 52.7 Å². The Morgan fingerprint density at radius 3 is 2.48 bits per heavy atom. The molecule has 1 aromatic carbocycles. The third-order valence-corrected chi connectivity index (χ3v) is 5.69. The van der Waals surface area contributed by atoms with Crippen LogP contribution in [0.5, 0.6) is 0 Å². The Morgan fingerprint density at radius 1 is 1.15 bits per heavy atom. The van der Waals surface area contributed by atoms with E-state index < -0.39 is 17.9 Å². The van der Waals surface area contributed by atoms with E-state index in [-0.39, 0.29) is 46.0 Å². The standard InChI is InChI=1S/C22H21BrCl2N6O5.C2H4O2/c1-12-9-13(24)10-14(20(32)29-30(2)22(34)36-8-7-35-3)18(12)27-21(33)16-11-17(23)28-31(16)19-15(25)5-4-6-26-19;1-4-2-3/h4-6,9-11H,7-8H2,1-3H3,(H,27,33)(H,29,32);2H,1H3. The van der Waals surface area contributed by atoms with Crippen molar-refractivity contribution in [2.75, 3.05) is 39.8 Å². The number of halogens is 3. The van der Waals surface area contributed by atoms with Crippen LogP contribution in [0.2, 0.25) is 10.0 Å². The van der Waals surface area contributed by atoms with Crippen molar-refractivity contribution in [3.63, 3.8) is 0 Å². The van der Waals surface area contributed by atoms with E-state index in [1.807, 2.05) is 0 Å². The lowest BCUT2D eigenvalue weighted by molar-refractivity contribution is -0.126. The van der Waals surface area contributed by atoms with E-state index in [1.165, 1.54) is 44.3 Å². The van der Waals surface area contributed by atoms with Crippen molar-refractivity contribution in [1.29, 1.82) is 0 Å². The van der Waals surface area contributed by atoms with Crippen molar-refractivity contribution in [3.8, 4) is 5.82 Å². The lowest BCUT2D eigenvalue weighted by atomic mass is 10.1. The van der Waals surface area contributed by atoms with Gasteiger partial charge in [0, 0.05) is 31.4 Å². The number of hydrogen-bond donors (Lipinski definition) is 2. The lowest BCUT2D eigenvalue weighted by Gasteiger charge is -2.20. The number of ether oxygens (including phenoxy) is 3. The normalized spacial score (nSPS) is 10.1. The quantitative estimate of drug-likeness (QED) is 0.207. The predicted molar refractivity (Wildman–Crippen MR) is 150 cm³/mol. The second kappa shape index (κ2) is 15.8. The Hall–Kier alpha value is -3.72. The Bertz CT molecular complexity index is 1370. The smallest absolute Gasteiger partial charge is 0.428 e. The van der Waals surface area contributed by atoms with Gasteiger partial charge < -0.3 is 19.5 Å². The molecular formula is C24H25BrCl2N6O7. The molecule has 0 radical (unpaired) electrons. The van der Waals surface area contributed by atoms with Gasteiger partial charge >= 0.3 is 6.09 Å². The lowest BCUT2D eigenvalue weighted by Crippen LogP contribution is -2.44. The Morgan fingerprint density at radius 2 is 1.85 bits per heavy atom. The highest BCUT2D eigenvalue weighted by molar-refractivity contribution is 9.10. The molecule has 13 nitrogen and oxygen atoms in total. The van der Waals surface area contributed by atoms with E-state index in [0.717, 1.165) is 5.01 Å². The zero-order valence-corrected chi connectivity index (χ0v) is 24.8. The molecule has 3 rings (SSSR count). The fraction of sp³-hybridized carbons (Fsp3) is 0.250. The maximum absolute atomic E-state index is 13.3. The number of nitrogens with zero attached hydrogens (tertiary/aromatic N) is 4. The summed E-state index contributed by atoms with van der Waals surface area (Å²) in [5, 5.41) is 8.39. The first-order valence-electron chi connectivity index (χ1n) is 11.2. The summed E-state index contributed by atoms with van der Waals surface area (Å²) in [5.41, 5.74) is 3.20. The highest BCUT2D eigenvalue weighted by atomic mass is 79.9. The molecule has 0 bridgehead atoms. The van der Waals surface area contributed by atoms with Crippen molar-refractivity contribution in [3.05, 3.63) is 68.0 Å². The number of aryl methyl sites for hydroxylation is 1. The number of nitrogens with one attached hydrogen (secondary N) is 2. The summed E-state index contributed by atoms with van der Waals surface area (Å²) < 4.78 is 15.3. The molecule has 2 N–H and O–H groups in total. The number of hydrazine groups is 1. The molecule has 2 heterocycles. The molecule has 0 saturated heterocycles. The van der Waals surface area contributed by atoms with Gasteiger partial charge in [-0.1, -0.05) is 23.2 Å². The minimum absolute atomic E-state index is 0.0106. The zero-order valence-electron chi connectivity index (χ0n) is 21.7. The first kappa shape index (κ1) is 32.5. The van der Waals surface area contributed by atoms with E-state index >= 15 is 0 Å². The van der Waals surface area contributed by atoms with E-state index in [0.29, 0.717) is 16.6 Å². The van der Waals surface area contributed by atoms with Crippen LogP contribution in [0.3, 0.4) is 0 Å². The van der Waals surface area contributed by atoms with Crippen molar-refractivity contribution in [2.45, 2.75) is 6.92 Å². The van der Waals surface area contributed by atoms with Gasteiger partial charge in [0.25, 0.3) is 18.3 Å². The highest BCUT2D eigenvalue weighted by Gasteiger charge is 2.24. The largest absolute Gasteiger partial charge is 0.471 e. The van der Waals surface area contributed by atoms with Crippen molar-refractivity contribution in [2.24, 2.45) is 0 Å². The predicted octanol–water partition coefficient (Wildman–Crippen LogP) is 4.05. The molecule has 0 unspecified atom stereocenters. The molecule has 0 saturated carbocycles. The van der Waals surface area contributed by atoms with E-state index in [9.17, 15) is 14.4 Å². The summed E-state index contributed by atoms with van der Waals surface area (Å²) in [6.07, 6.45) is 0.715. The minimum Gasteiger partial charge on any atom is -0.471 e. The molecule has 2 aromatic heterocycles. The maximum Gasteiger partial charge on any atom is 0.428 e. The SMILES string of the molecule is COC=O.COCCOC(=O)N(C)NC(=O)c1cc(Cl)cc(C)c1NC(=O)c1cc(Br)nn1-c1ncccc1Cl. The molecule has 0 aliphatic heterocycles. The second-order valence-corrected chi connectivity index (χ2v) is 9.27. The number of methoxy groups -OCH3 is 2. The minimum atomic E-state index is -0.800. The number of aromatic nitrogens is 3. The molecular weight excluding hydrogens is 635 g/mol. The molecule has 0 spiro atoms. The summed E-state index contributed by atoms with van der Waals surface area (Å²) in [4.78, 5) is 51.5. The highest BCUT2D eigenvalue weighted by Crippen LogP contribution is 2.28. The van der Waals surface area contributed by atoms with E-state index in [4.69, 9.17) is 37.5 Å². The van der Waals surface area contributed by atoms with Gasteiger partial charge in [-0.25, -0.2) is 19.5 Å². The van der Waals surface area contributed by atoms with Crippen LogP contribution in [0.1, 0.15) is 26.4 Å². The fourth-order valence-electron chi connectivity index (χ4n) is 3.04. The molecule has 214 valence electrons. The molecule has 3 aromatic rings. The van der Waals surface area contributed by atoms with Crippen molar-refractivity contribution >= 4 is 69.2 Å². The van der Waals surface area contributed by atoms with Crippen LogP contribution in [-0.4, -0.2) is 78.6 Å². The first-order chi connectivity index (χ1) is 19.0. The molecule has 0 aliphatic rings. The van der Waals surface area contributed by atoms with Gasteiger partial charge in [0.2, 0.25) is 0 Å². The first-order valence-corrected chi connectivity index (χ1v) is 12.7. The third kappa shape index (κ3) is 8.91. The average molecular weight is 660 g/mol. The molecule has 0 aliphatic carbocycles. The summed E-state index contributed by atoms with van der Waals surface area (Å²) in [6, 6.07) is 7.70. The van der Waals surface area contributed by atoms with Crippen LogP contribution in [0.25, 0.3) is 5.82 Å². The van der Waals surface area contributed by atoms with Crippen LogP contribution in [0.15, 0.2) is 41.1 Å².